The first-order chi connectivity index (χ1) is 14.6. The highest BCUT2D eigenvalue weighted by molar-refractivity contribution is 6.30. The Kier molecular flexibility index (Phi) is 9.09. The number of unbranched alkanes of at least 4 members (excludes halogenated alkanes) is 1. The Balaban J connectivity index is 1.34. The van der Waals surface area contributed by atoms with Crippen molar-refractivity contribution < 1.29 is 0 Å². The number of hydrogen-bond acceptors (Lipinski definition) is 4. The number of piperazine rings is 2. The summed E-state index contributed by atoms with van der Waals surface area (Å²) < 4.78 is 0. The van der Waals surface area contributed by atoms with Crippen LogP contribution in [0.1, 0.15) is 25.3 Å². The SMILES string of the molecule is CCN1CCN(CCCCNC(=NC)N2CCN(c3cc(Cl)ccc3C)CC2)CC1. The molecule has 0 radical (unpaired) electrons. The van der Waals surface area contributed by atoms with Gasteiger partial charge in [-0.25, -0.2) is 0 Å². The molecular weight excluding hydrogens is 396 g/mol. The summed E-state index contributed by atoms with van der Waals surface area (Å²) in [6.45, 7) is 16.6. The van der Waals surface area contributed by atoms with Crippen LogP contribution in [-0.4, -0.2) is 99.7 Å². The van der Waals surface area contributed by atoms with Gasteiger partial charge in [-0.1, -0.05) is 24.6 Å². The third-order valence-electron chi connectivity index (χ3n) is 6.40. The Morgan fingerprint density at radius 2 is 1.70 bits per heavy atom. The summed E-state index contributed by atoms with van der Waals surface area (Å²) in [5, 5.41) is 4.39. The second-order valence-corrected chi connectivity index (χ2v) is 8.80. The van der Waals surface area contributed by atoms with Gasteiger partial charge in [-0.15, -0.1) is 0 Å². The largest absolute Gasteiger partial charge is 0.368 e. The first-order valence-corrected chi connectivity index (χ1v) is 11.9. The zero-order valence-corrected chi connectivity index (χ0v) is 19.8. The van der Waals surface area contributed by atoms with Gasteiger partial charge in [0.2, 0.25) is 0 Å². The topological polar surface area (TPSA) is 37.4 Å². The van der Waals surface area contributed by atoms with E-state index in [2.05, 4.69) is 55.9 Å². The molecule has 0 spiro atoms. The van der Waals surface area contributed by atoms with Crippen molar-refractivity contribution in [3.8, 4) is 0 Å². The predicted molar refractivity (Wildman–Crippen MR) is 129 cm³/mol. The van der Waals surface area contributed by atoms with Gasteiger partial charge in [-0.2, -0.15) is 0 Å². The Labute approximate surface area is 187 Å². The van der Waals surface area contributed by atoms with Crippen LogP contribution < -0.4 is 10.2 Å². The molecule has 1 N–H and O–H groups in total. The van der Waals surface area contributed by atoms with Crippen LogP contribution >= 0.6 is 11.6 Å². The maximum Gasteiger partial charge on any atom is 0.193 e. The number of aryl methyl sites for hydroxylation is 1. The van der Waals surface area contributed by atoms with E-state index in [1.54, 1.807) is 0 Å². The first kappa shape index (κ1) is 23.2. The standard InChI is InChI=1S/C23H39ClN6/c1-4-27-11-13-28(14-12-27)10-6-5-9-26-23(25-3)30-17-15-29(16-18-30)22-19-21(24)8-7-20(22)2/h7-8,19H,4-6,9-18H2,1-3H3,(H,25,26). The average molecular weight is 435 g/mol. The summed E-state index contributed by atoms with van der Waals surface area (Å²) in [6, 6.07) is 6.16. The molecule has 2 aliphatic rings. The average Bonchev–Trinajstić information content (AvgIpc) is 2.78. The van der Waals surface area contributed by atoms with E-state index in [-0.39, 0.29) is 0 Å². The minimum absolute atomic E-state index is 0.808. The molecule has 0 unspecified atom stereocenters. The normalized spacial score (nSPS) is 19.4. The summed E-state index contributed by atoms with van der Waals surface area (Å²) in [5.74, 6) is 1.04. The van der Waals surface area contributed by atoms with Gasteiger partial charge in [0.15, 0.2) is 5.96 Å². The monoisotopic (exact) mass is 434 g/mol. The second-order valence-electron chi connectivity index (χ2n) is 8.36. The minimum Gasteiger partial charge on any atom is -0.368 e. The molecule has 1 aromatic rings. The number of guanidine groups is 1. The van der Waals surface area contributed by atoms with E-state index < -0.39 is 0 Å². The van der Waals surface area contributed by atoms with E-state index in [9.17, 15) is 0 Å². The molecule has 0 aliphatic carbocycles. The zero-order valence-electron chi connectivity index (χ0n) is 19.0. The number of aliphatic imine (C=N–C) groups is 1. The maximum absolute atomic E-state index is 6.21. The molecule has 1 aromatic carbocycles. The lowest BCUT2D eigenvalue weighted by Crippen LogP contribution is -2.52. The van der Waals surface area contributed by atoms with Gasteiger partial charge in [0, 0.05) is 76.7 Å². The van der Waals surface area contributed by atoms with Gasteiger partial charge in [0.1, 0.15) is 0 Å². The van der Waals surface area contributed by atoms with Crippen LogP contribution in [0, 0.1) is 6.92 Å². The Morgan fingerprint density at radius 1 is 1.00 bits per heavy atom. The summed E-state index contributed by atoms with van der Waals surface area (Å²) in [7, 11) is 1.89. The highest BCUT2D eigenvalue weighted by atomic mass is 35.5. The van der Waals surface area contributed by atoms with Gasteiger partial charge in [-0.05, 0) is 50.6 Å². The minimum atomic E-state index is 0.808. The van der Waals surface area contributed by atoms with E-state index >= 15 is 0 Å². The number of rotatable bonds is 7. The predicted octanol–water partition coefficient (Wildman–Crippen LogP) is 2.76. The molecule has 2 saturated heterocycles. The van der Waals surface area contributed by atoms with Crippen molar-refractivity contribution in [3.05, 3.63) is 28.8 Å². The van der Waals surface area contributed by atoms with E-state index in [0.29, 0.717) is 0 Å². The summed E-state index contributed by atoms with van der Waals surface area (Å²) in [5.41, 5.74) is 2.54. The van der Waals surface area contributed by atoms with Crippen molar-refractivity contribution in [2.45, 2.75) is 26.7 Å². The van der Waals surface area contributed by atoms with Gasteiger partial charge < -0.3 is 24.9 Å². The third kappa shape index (κ3) is 6.50. The van der Waals surface area contributed by atoms with E-state index in [1.165, 1.54) is 63.4 Å². The molecule has 2 aliphatic heterocycles. The highest BCUT2D eigenvalue weighted by Gasteiger charge is 2.21. The molecule has 0 bridgehead atoms. The zero-order chi connectivity index (χ0) is 21.3. The number of anilines is 1. The molecule has 2 heterocycles. The van der Waals surface area contributed by atoms with Crippen molar-refractivity contribution in [3.63, 3.8) is 0 Å². The lowest BCUT2D eigenvalue weighted by Gasteiger charge is -2.38. The van der Waals surface area contributed by atoms with Crippen LogP contribution in [0.15, 0.2) is 23.2 Å². The quantitative estimate of drug-likeness (QED) is 0.405. The van der Waals surface area contributed by atoms with E-state index in [4.69, 9.17) is 11.6 Å². The Hall–Kier alpha value is -1.50. The number of hydrogen-bond donors (Lipinski definition) is 1. The van der Waals surface area contributed by atoms with E-state index in [1.807, 2.05) is 13.1 Å². The fourth-order valence-electron chi connectivity index (χ4n) is 4.40. The maximum atomic E-state index is 6.21. The van der Waals surface area contributed by atoms with Gasteiger partial charge in [0.05, 0.1) is 0 Å². The Bertz CT molecular complexity index is 678. The smallest absolute Gasteiger partial charge is 0.193 e. The summed E-state index contributed by atoms with van der Waals surface area (Å²) >= 11 is 6.21. The lowest BCUT2D eigenvalue weighted by atomic mass is 10.1. The number of nitrogens with one attached hydrogen (secondary N) is 1. The van der Waals surface area contributed by atoms with Crippen LogP contribution in [0.2, 0.25) is 5.02 Å². The number of benzene rings is 1. The van der Waals surface area contributed by atoms with Crippen molar-refractivity contribution >= 4 is 23.2 Å². The first-order valence-electron chi connectivity index (χ1n) is 11.5. The van der Waals surface area contributed by atoms with Crippen LogP contribution in [-0.2, 0) is 0 Å². The summed E-state index contributed by atoms with van der Waals surface area (Å²) in [4.78, 5) is 14.5. The molecule has 7 heteroatoms. The van der Waals surface area contributed by atoms with Gasteiger partial charge in [0.25, 0.3) is 0 Å². The molecule has 2 fully saturated rings. The Morgan fingerprint density at radius 3 is 2.37 bits per heavy atom. The van der Waals surface area contributed by atoms with Crippen molar-refractivity contribution in [1.82, 2.24) is 20.0 Å². The number of halogens is 1. The fourth-order valence-corrected chi connectivity index (χ4v) is 4.57. The van der Waals surface area contributed by atoms with E-state index in [0.717, 1.165) is 43.7 Å². The molecular formula is C23H39ClN6. The molecule has 168 valence electrons. The van der Waals surface area contributed by atoms with Crippen molar-refractivity contribution in [1.29, 1.82) is 0 Å². The molecule has 0 aromatic heterocycles. The highest BCUT2D eigenvalue weighted by Crippen LogP contribution is 2.25. The second kappa shape index (κ2) is 11.8. The van der Waals surface area contributed by atoms with Crippen LogP contribution in [0.25, 0.3) is 0 Å². The van der Waals surface area contributed by atoms with Crippen molar-refractivity contribution in [2.24, 2.45) is 4.99 Å². The molecule has 6 nitrogen and oxygen atoms in total. The number of likely N-dealkylation sites (N-methyl/N-ethyl adjacent to an activating group) is 1. The third-order valence-corrected chi connectivity index (χ3v) is 6.63. The lowest BCUT2D eigenvalue weighted by molar-refractivity contribution is 0.136. The van der Waals surface area contributed by atoms with Crippen LogP contribution in [0.3, 0.4) is 0 Å². The fraction of sp³-hybridized carbons (Fsp3) is 0.696. The molecule has 30 heavy (non-hydrogen) atoms. The molecule has 3 rings (SSSR count). The molecule has 0 saturated carbocycles. The van der Waals surface area contributed by atoms with Gasteiger partial charge in [-0.3, -0.25) is 4.99 Å². The molecule has 0 amide bonds. The number of nitrogens with zero attached hydrogens (tertiary/aromatic N) is 5. The summed E-state index contributed by atoms with van der Waals surface area (Å²) in [6.07, 6.45) is 2.44. The van der Waals surface area contributed by atoms with Crippen molar-refractivity contribution in [2.75, 3.05) is 83.9 Å². The van der Waals surface area contributed by atoms with Crippen LogP contribution in [0.5, 0.6) is 0 Å². The van der Waals surface area contributed by atoms with Gasteiger partial charge >= 0.3 is 0 Å². The van der Waals surface area contributed by atoms with Crippen LogP contribution in [0.4, 0.5) is 5.69 Å². The molecule has 0 atom stereocenters.